The molecule has 1 aliphatic heterocycles. The van der Waals surface area contributed by atoms with Crippen LogP contribution < -0.4 is 10.1 Å². The normalized spacial score (nSPS) is 16.0. The molecule has 2 rings (SSSR count). The monoisotopic (exact) mass is 321 g/mol. The Kier molecular flexibility index (Phi) is 6.05. The number of carbonyl (C=O) groups excluding carboxylic acids is 1. The van der Waals surface area contributed by atoms with Crippen molar-refractivity contribution in [2.24, 2.45) is 5.92 Å². The minimum absolute atomic E-state index is 0.000463. The van der Waals surface area contributed by atoms with Crippen molar-refractivity contribution in [3.63, 3.8) is 0 Å². The van der Waals surface area contributed by atoms with Crippen molar-refractivity contribution in [2.45, 2.75) is 19.3 Å². The number of methoxy groups -OCH3 is 1. The number of benzene rings is 1. The maximum absolute atomic E-state index is 12.4. The molecule has 0 spiro atoms. The van der Waals surface area contributed by atoms with E-state index in [0.29, 0.717) is 22.9 Å². The summed E-state index contributed by atoms with van der Waals surface area (Å²) in [5.41, 5.74) is 0.604. The van der Waals surface area contributed by atoms with E-state index >= 15 is 0 Å². The number of ether oxygens (including phenoxy) is 1. The Balaban J connectivity index is 1.91. The number of amides is 1. The molecule has 0 radical (unpaired) electrons. The Morgan fingerprint density at radius 3 is 2.86 bits per heavy atom. The van der Waals surface area contributed by atoms with Gasteiger partial charge in [-0.2, -0.15) is 5.26 Å². The highest BCUT2D eigenvalue weighted by atomic mass is 35.5. The van der Waals surface area contributed by atoms with Gasteiger partial charge in [-0.3, -0.25) is 4.79 Å². The Labute approximate surface area is 135 Å². The van der Waals surface area contributed by atoms with Crippen LogP contribution in [-0.2, 0) is 4.79 Å². The van der Waals surface area contributed by atoms with Crippen molar-refractivity contribution in [1.82, 2.24) is 4.90 Å². The van der Waals surface area contributed by atoms with Gasteiger partial charge in [0.15, 0.2) is 0 Å². The molecule has 118 valence electrons. The van der Waals surface area contributed by atoms with Gasteiger partial charge >= 0.3 is 0 Å². The van der Waals surface area contributed by atoms with Crippen molar-refractivity contribution in [1.29, 1.82) is 5.26 Å². The lowest BCUT2D eigenvalue weighted by atomic mass is 9.95. The van der Waals surface area contributed by atoms with Crippen molar-refractivity contribution in [3.05, 3.63) is 23.2 Å². The zero-order valence-corrected chi connectivity index (χ0v) is 13.4. The molecule has 0 atom stereocenters. The lowest BCUT2D eigenvalue weighted by molar-refractivity contribution is -0.121. The van der Waals surface area contributed by atoms with Gasteiger partial charge in [0.2, 0.25) is 5.91 Å². The molecule has 1 N–H and O–H groups in total. The number of hydrogen-bond donors (Lipinski definition) is 1. The fraction of sp³-hybridized carbons (Fsp3) is 0.500. The van der Waals surface area contributed by atoms with E-state index in [1.807, 2.05) is 0 Å². The highest BCUT2D eigenvalue weighted by Gasteiger charge is 2.25. The van der Waals surface area contributed by atoms with Gasteiger partial charge in [-0.05, 0) is 44.1 Å². The van der Waals surface area contributed by atoms with Gasteiger partial charge in [-0.25, -0.2) is 0 Å². The highest BCUT2D eigenvalue weighted by Crippen LogP contribution is 2.29. The van der Waals surface area contributed by atoms with E-state index in [9.17, 15) is 4.79 Å². The zero-order chi connectivity index (χ0) is 15.9. The molecule has 1 aromatic rings. The number of nitrogens with zero attached hydrogens (tertiary/aromatic N) is 2. The summed E-state index contributed by atoms with van der Waals surface area (Å²) in [5.74, 6) is 0.590. The smallest absolute Gasteiger partial charge is 0.227 e. The number of likely N-dealkylation sites (tertiary alicyclic amines) is 1. The largest absolute Gasteiger partial charge is 0.495 e. The molecule has 0 unspecified atom stereocenters. The van der Waals surface area contributed by atoms with Crippen LogP contribution in [0.25, 0.3) is 0 Å². The molecule has 1 saturated heterocycles. The summed E-state index contributed by atoms with van der Waals surface area (Å²) in [5, 5.41) is 12.1. The first kappa shape index (κ1) is 16.6. The number of piperidine rings is 1. The van der Waals surface area contributed by atoms with Crippen LogP contribution in [0.4, 0.5) is 5.69 Å². The van der Waals surface area contributed by atoms with Gasteiger partial charge in [0, 0.05) is 23.9 Å². The van der Waals surface area contributed by atoms with Crippen molar-refractivity contribution < 1.29 is 9.53 Å². The van der Waals surface area contributed by atoms with E-state index in [2.05, 4.69) is 16.3 Å². The second-order valence-corrected chi connectivity index (χ2v) is 5.79. The lowest BCUT2D eigenvalue weighted by Gasteiger charge is -2.30. The summed E-state index contributed by atoms with van der Waals surface area (Å²) in [6.45, 7) is 2.49. The highest BCUT2D eigenvalue weighted by molar-refractivity contribution is 6.31. The second-order valence-electron chi connectivity index (χ2n) is 5.36. The fourth-order valence-electron chi connectivity index (χ4n) is 2.64. The topological polar surface area (TPSA) is 65.4 Å². The number of hydrogen-bond acceptors (Lipinski definition) is 4. The van der Waals surface area contributed by atoms with E-state index in [1.54, 1.807) is 25.3 Å². The standard InChI is InChI=1S/C16H20ClN3O2/c1-22-15-4-3-13(17)11-14(15)19-16(21)12-5-9-20(10-6-12)8-2-7-18/h3-4,11-12H,2,5-6,8-10H2,1H3,(H,19,21). The predicted molar refractivity (Wildman–Crippen MR) is 86.0 cm³/mol. The molecule has 0 bridgehead atoms. The van der Waals surface area contributed by atoms with Gasteiger partial charge in [0.25, 0.3) is 0 Å². The first-order chi connectivity index (χ1) is 10.6. The quantitative estimate of drug-likeness (QED) is 0.905. The van der Waals surface area contributed by atoms with Gasteiger partial charge in [-0.1, -0.05) is 11.6 Å². The molecule has 0 saturated carbocycles. The Morgan fingerprint density at radius 2 is 2.23 bits per heavy atom. The molecule has 1 fully saturated rings. The molecule has 1 heterocycles. The third kappa shape index (κ3) is 4.36. The van der Waals surface area contributed by atoms with E-state index < -0.39 is 0 Å². The number of nitrogens with one attached hydrogen (secondary N) is 1. The van der Waals surface area contributed by atoms with Crippen LogP contribution in [0, 0.1) is 17.2 Å². The number of carbonyl (C=O) groups is 1. The van der Waals surface area contributed by atoms with Crippen molar-refractivity contribution in [3.8, 4) is 11.8 Å². The Morgan fingerprint density at radius 1 is 1.50 bits per heavy atom. The van der Waals surface area contributed by atoms with Crippen LogP contribution in [0.5, 0.6) is 5.75 Å². The van der Waals surface area contributed by atoms with Crippen LogP contribution in [0.2, 0.25) is 5.02 Å². The summed E-state index contributed by atoms with van der Waals surface area (Å²) < 4.78 is 5.24. The summed E-state index contributed by atoms with van der Waals surface area (Å²) in [6, 6.07) is 7.31. The average Bonchev–Trinajstić information content (AvgIpc) is 2.53. The molecule has 6 heteroatoms. The first-order valence-electron chi connectivity index (χ1n) is 7.37. The van der Waals surface area contributed by atoms with Gasteiger partial charge in [-0.15, -0.1) is 0 Å². The van der Waals surface area contributed by atoms with E-state index in [-0.39, 0.29) is 11.8 Å². The lowest BCUT2D eigenvalue weighted by Crippen LogP contribution is -2.38. The van der Waals surface area contributed by atoms with Crippen LogP contribution in [0.3, 0.4) is 0 Å². The summed E-state index contributed by atoms with van der Waals surface area (Å²) in [4.78, 5) is 14.6. The third-order valence-electron chi connectivity index (χ3n) is 3.92. The predicted octanol–water partition coefficient (Wildman–Crippen LogP) is 2.91. The molecular formula is C16H20ClN3O2. The summed E-state index contributed by atoms with van der Waals surface area (Å²) in [6.07, 6.45) is 2.15. The van der Waals surface area contributed by atoms with E-state index in [0.717, 1.165) is 32.5 Å². The Bertz CT molecular complexity index is 563. The molecule has 0 aliphatic carbocycles. The minimum atomic E-state index is -0.0120. The minimum Gasteiger partial charge on any atom is -0.495 e. The van der Waals surface area contributed by atoms with E-state index in [4.69, 9.17) is 21.6 Å². The summed E-state index contributed by atoms with van der Waals surface area (Å²) in [7, 11) is 1.56. The zero-order valence-electron chi connectivity index (χ0n) is 12.6. The Hall–Kier alpha value is -1.77. The van der Waals surface area contributed by atoms with Crippen LogP contribution in [0.15, 0.2) is 18.2 Å². The van der Waals surface area contributed by atoms with Crippen LogP contribution >= 0.6 is 11.6 Å². The van der Waals surface area contributed by atoms with Crippen molar-refractivity contribution >= 4 is 23.2 Å². The molecule has 1 aliphatic rings. The summed E-state index contributed by atoms with van der Waals surface area (Å²) >= 11 is 5.97. The number of nitriles is 1. The van der Waals surface area contributed by atoms with Crippen LogP contribution in [-0.4, -0.2) is 37.6 Å². The average molecular weight is 322 g/mol. The van der Waals surface area contributed by atoms with Crippen molar-refractivity contribution in [2.75, 3.05) is 32.1 Å². The fourth-order valence-corrected chi connectivity index (χ4v) is 2.81. The maximum atomic E-state index is 12.4. The maximum Gasteiger partial charge on any atom is 0.227 e. The molecule has 5 nitrogen and oxygen atoms in total. The van der Waals surface area contributed by atoms with E-state index in [1.165, 1.54) is 0 Å². The molecule has 1 amide bonds. The number of anilines is 1. The molecular weight excluding hydrogens is 302 g/mol. The number of rotatable bonds is 5. The SMILES string of the molecule is COc1ccc(Cl)cc1NC(=O)C1CCN(CCC#N)CC1. The van der Waals surface area contributed by atoms with Gasteiger partial charge in [0.1, 0.15) is 5.75 Å². The first-order valence-corrected chi connectivity index (χ1v) is 7.75. The van der Waals surface area contributed by atoms with Gasteiger partial charge < -0.3 is 15.0 Å². The number of halogens is 1. The third-order valence-corrected chi connectivity index (χ3v) is 4.15. The molecule has 1 aromatic carbocycles. The van der Waals surface area contributed by atoms with Gasteiger partial charge in [0.05, 0.1) is 18.9 Å². The molecule has 0 aromatic heterocycles. The molecule has 22 heavy (non-hydrogen) atoms. The van der Waals surface area contributed by atoms with Crippen LogP contribution in [0.1, 0.15) is 19.3 Å². The second kappa shape index (κ2) is 8.02.